The second kappa shape index (κ2) is 11.9. The number of rotatable bonds is 7. The molecule has 3 heterocycles. The van der Waals surface area contributed by atoms with Gasteiger partial charge in [-0.15, -0.1) is 0 Å². The Bertz CT molecular complexity index is 775. The Labute approximate surface area is 210 Å². The molecule has 3 rings (SSSR count). The highest BCUT2D eigenvalue weighted by molar-refractivity contribution is 5.73. The average Bonchev–Trinajstić information content (AvgIpc) is 2.86. The van der Waals surface area contributed by atoms with Gasteiger partial charge in [0.05, 0.1) is 25.9 Å². The predicted octanol–water partition coefficient (Wildman–Crippen LogP) is -8.04. The number of amides is 1. The van der Waals surface area contributed by atoms with Gasteiger partial charge in [-0.25, -0.2) is 0 Å². The highest BCUT2D eigenvalue weighted by Gasteiger charge is 2.65. The van der Waals surface area contributed by atoms with E-state index in [1.807, 2.05) is 0 Å². The third-order valence-corrected chi connectivity index (χ3v) is 6.93. The highest BCUT2D eigenvalue weighted by atomic mass is 16.7. The molecular formula is C20H35NO16. The molecule has 12 N–H and O–H groups in total. The SMILES string of the molecule is CC(=O)N[C@H]1[C@@H](O)[C@H](O)[C@@H](CO)O[C@H]1[C@@]1(O)[C@@H](O)[C@H](O[C@H]2[C@H](O)[C@@H](O)[C@@H](O)O[C@@H]2CO)O[C@H](CO)[C@@H]1O. The molecule has 216 valence electrons. The standard InChI is InChI=1S/C20H35NO16/c1-5(25)21-9-11(27)10(26)6(2-22)34-17(9)20(33)15(30)8(4-24)36-19(16(20)31)37-14-7(3-23)35-18(32)13(29)12(14)28/h6-19,22-24,26-33H,2-4H2,1H3,(H,21,25)/t6-,7-,8-,9+,10-,11-,12-,13-,14-,15+,16+,17-,18+,19+,20+/m1/s1. The molecule has 3 aliphatic heterocycles. The van der Waals surface area contributed by atoms with Crippen molar-refractivity contribution < 1.29 is 79.9 Å². The van der Waals surface area contributed by atoms with E-state index in [0.29, 0.717) is 0 Å². The van der Waals surface area contributed by atoms with Crippen LogP contribution in [0.15, 0.2) is 0 Å². The van der Waals surface area contributed by atoms with Gasteiger partial charge in [0.25, 0.3) is 0 Å². The Morgan fingerprint density at radius 1 is 0.784 bits per heavy atom. The van der Waals surface area contributed by atoms with Crippen molar-refractivity contribution in [3.8, 4) is 0 Å². The summed E-state index contributed by atoms with van der Waals surface area (Å²) in [5.74, 6) is -0.765. The lowest BCUT2D eigenvalue weighted by molar-refractivity contribution is -0.388. The fraction of sp³-hybridized carbons (Fsp3) is 0.950. The molecule has 17 heteroatoms. The van der Waals surface area contributed by atoms with E-state index in [1.54, 1.807) is 0 Å². The Morgan fingerprint density at radius 3 is 1.92 bits per heavy atom. The quantitative estimate of drug-likeness (QED) is 0.141. The molecule has 0 aromatic carbocycles. The molecule has 3 fully saturated rings. The zero-order valence-electron chi connectivity index (χ0n) is 19.7. The van der Waals surface area contributed by atoms with Crippen molar-refractivity contribution in [3.05, 3.63) is 0 Å². The van der Waals surface area contributed by atoms with Crippen molar-refractivity contribution >= 4 is 5.91 Å². The molecular weight excluding hydrogens is 510 g/mol. The van der Waals surface area contributed by atoms with Crippen LogP contribution in [0.25, 0.3) is 0 Å². The minimum atomic E-state index is -2.94. The van der Waals surface area contributed by atoms with Crippen molar-refractivity contribution in [2.24, 2.45) is 0 Å². The van der Waals surface area contributed by atoms with Gasteiger partial charge in [-0.05, 0) is 0 Å². The van der Waals surface area contributed by atoms with Crippen molar-refractivity contribution in [2.45, 2.75) is 98.3 Å². The van der Waals surface area contributed by atoms with Gasteiger partial charge in [-0.3, -0.25) is 4.79 Å². The maximum Gasteiger partial charge on any atom is 0.217 e. The van der Waals surface area contributed by atoms with E-state index in [2.05, 4.69) is 5.32 Å². The summed E-state index contributed by atoms with van der Waals surface area (Å²) in [5.41, 5.74) is -2.94. The van der Waals surface area contributed by atoms with Gasteiger partial charge in [0.2, 0.25) is 5.91 Å². The summed E-state index contributed by atoms with van der Waals surface area (Å²) in [7, 11) is 0. The molecule has 15 atom stereocenters. The highest BCUT2D eigenvalue weighted by Crippen LogP contribution is 2.40. The van der Waals surface area contributed by atoms with Crippen LogP contribution in [0.5, 0.6) is 0 Å². The summed E-state index contributed by atoms with van der Waals surface area (Å²) in [6.45, 7) is -1.66. The molecule has 3 aliphatic rings. The summed E-state index contributed by atoms with van der Waals surface area (Å²) < 4.78 is 21.3. The minimum absolute atomic E-state index is 0.765. The topological polar surface area (TPSA) is 289 Å². The van der Waals surface area contributed by atoms with Gasteiger partial charge < -0.3 is 80.4 Å². The van der Waals surface area contributed by atoms with E-state index < -0.39 is 117 Å². The predicted molar refractivity (Wildman–Crippen MR) is 113 cm³/mol. The van der Waals surface area contributed by atoms with E-state index in [4.69, 9.17) is 18.9 Å². The number of hydrogen-bond acceptors (Lipinski definition) is 16. The van der Waals surface area contributed by atoms with E-state index in [0.717, 1.165) is 6.92 Å². The van der Waals surface area contributed by atoms with Crippen LogP contribution in [0.2, 0.25) is 0 Å². The molecule has 17 nitrogen and oxygen atoms in total. The number of nitrogens with one attached hydrogen (secondary N) is 1. The molecule has 1 amide bonds. The van der Waals surface area contributed by atoms with Gasteiger partial charge in [-0.1, -0.05) is 0 Å². The number of hydrogen-bond donors (Lipinski definition) is 12. The summed E-state index contributed by atoms with van der Waals surface area (Å²) in [6, 6.07) is -1.67. The van der Waals surface area contributed by atoms with Gasteiger partial charge in [0.1, 0.15) is 67.1 Å². The van der Waals surface area contributed by atoms with Gasteiger partial charge in [0, 0.05) is 6.92 Å². The molecule has 0 aromatic heterocycles. The normalized spacial score (nSPS) is 51.0. The van der Waals surface area contributed by atoms with Crippen LogP contribution in [-0.4, -0.2) is 173 Å². The van der Waals surface area contributed by atoms with Crippen LogP contribution in [0.1, 0.15) is 6.92 Å². The third kappa shape index (κ3) is 5.49. The Balaban J connectivity index is 1.99. The summed E-state index contributed by atoms with van der Waals surface area (Å²) in [4.78, 5) is 11.8. The lowest BCUT2D eigenvalue weighted by Crippen LogP contribution is -2.79. The van der Waals surface area contributed by atoms with Crippen molar-refractivity contribution in [1.82, 2.24) is 5.32 Å². The van der Waals surface area contributed by atoms with Crippen LogP contribution in [0.4, 0.5) is 0 Å². The zero-order valence-corrected chi connectivity index (χ0v) is 19.7. The Kier molecular flexibility index (Phi) is 9.82. The minimum Gasteiger partial charge on any atom is -0.394 e. The maximum absolute atomic E-state index is 11.8. The van der Waals surface area contributed by atoms with Crippen molar-refractivity contribution in [2.75, 3.05) is 19.8 Å². The fourth-order valence-corrected chi connectivity index (χ4v) is 4.90. The second-order valence-electron chi connectivity index (χ2n) is 9.32. The number of ether oxygens (including phenoxy) is 4. The van der Waals surface area contributed by atoms with Crippen LogP contribution in [0, 0.1) is 0 Å². The van der Waals surface area contributed by atoms with Crippen molar-refractivity contribution in [3.63, 3.8) is 0 Å². The molecule has 37 heavy (non-hydrogen) atoms. The smallest absolute Gasteiger partial charge is 0.217 e. The summed E-state index contributed by atoms with van der Waals surface area (Å²) >= 11 is 0. The van der Waals surface area contributed by atoms with E-state index in [9.17, 15) is 61.0 Å². The molecule has 0 radical (unpaired) electrons. The maximum atomic E-state index is 11.8. The lowest BCUT2D eigenvalue weighted by atomic mass is 9.73. The van der Waals surface area contributed by atoms with Crippen LogP contribution >= 0.6 is 0 Å². The average molecular weight is 545 g/mol. The molecule has 3 saturated heterocycles. The fourth-order valence-electron chi connectivity index (χ4n) is 4.90. The van der Waals surface area contributed by atoms with Gasteiger partial charge >= 0.3 is 0 Å². The first-order chi connectivity index (χ1) is 17.3. The summed E-state index contributed by atoms with van der Waals surface area (Å²) in [5, 5.41) is 116. The van der Waals surface area contributed by atoms with E-state index >= 15 is 0 Å². The molecule has 0 aliphatic carbocycles. The number of aliphatic hydroxyl groups excluding tert-OH is 10. The molecule has 0 aromatic rings. The van der Waals surface area contributed by atoms with Crippen LogP contribution in [-0.2, 0) is 23.7 Å². The van der Waals surface area contributed by atoms with Crippen LogP contribution < -0.4 is 5.32 Å². The second-order valence-corrected chi connectivity index (χ2v) is 9.32. The number of carbonyl (C=O) groups is 1. The first kappa shape index (κ1) is 30.4. The largest absolute Gasteiger partial charge is 0.394 e. The molecule has 0 bridgehead atoms. The Hall–Kier alpha value is -1.13. The monoisotopic (exact) mass is 545 g/mol. The van der Waals surface area contributed by atoms with E-state index in [1.165, 1.54) is 0 Å². The molecule has 0 unspecified atom stereocenters. The Morgan fingerprint density at radius 2 is 1.38 bits per heavy atom. The first-order valence-electron chi connectivity index (χ1n) is 11.5. The molecule has 0 spiro atoms. The van der Waals surface area contributed by atoms with Gasteiger partial charge in [-0.2, -0.15) is 0 Å². The number of carbonyl (C=O) groups excluding carboxylic acids is 1. The van der Waals surface area contributed by atoms with Crippen LogP contribution in [0.3, 0.4) is 0 Å². The number of aliphatic hydroxyl groups is 11. The first-order valence-corrected chi connectivity index (χ1v) is 11.5. The molecule has 0 saturated carbocycles. The zero-order chi connectivity index (χ0) is 27.8. The summed E-state index contributed by atoms with van der Waals surface area (Å²) in [6.07, 6.45) is -24.3. The third-order valence-electron chi connectivity index (χ3n) is 6.93. The van der Waals surface area contributed by atoms with Crippen molar-refractivity contribution in [1.29, 1.82) is 0 Å². The lowest BCUT2D eigenvalue weighted by Gasteiger charge is -2.56. The van der Waals surface area contributed by atoms with Gasteiger partial charge in [0.15, 0.2) is 18.2 Å². The van der Waals surface area contributed by atoms with E-state index in [-0.39, 0.29) is 0 Å².